The highest BCUT2D eigenvalue weighted by Crippen LogP contribution is 2.53. The van der Waals surface area contributed by atoms with Crippen molar-refractivity contribution in [1.29, 1.82) is 0 Å². The van der Waals surface area contributed by atoms with Crippen LogP contribution in [0, 0.1) is 0 Å². The molecule has 0 spiro atoms. The number of thiophene rings is 4. The number of hydrogen-bond acceptors (Lipinski definition) is 12. The van der Waals surface area contributed by atoms with E-state index in [2.05, 4.69) is 354 Å². The Balaban J connectivity index is 0.000000104. The lowest BCUT2D eigenvalue weighted by molar-refractivity contribution is 1.18. The Morgan fingerprint density at radius 2 is 0.639 bits per heavy atom. The normalized spacial score (nSPS) is 11.9. The van der Waals surface area contributed by atoms with Gasteiger partial charge in [0.2, 0.25) is 0 Å². The van der Waals surface area contributed by atoms with Gasteiger partial charge in [-0.25, -0.2) is 39.9 Å². The second kappa shape index (κ2) is 28.0. The first kappa shape index (κ1) is 68.6. The van der Waals surface area contributed by atoms with E-state index in [9.17, 15) is 0 Å². The minimum atomic E-state index is 0.711. The second-order valence-corrected chi connectivity index (χ2v) is 33.9. The molecule has 15 aromatic carbocycles. The van der Waals surface area contributed by atoms with Gasteiger partial charge in [0.15, 0.2) is 5.82 Å². The summed E-state index contributed by atoms with van der Waals surface area (Å²) in [5.41, 5.74) is 24.9. The lowest BCUT2D eigenvalue weighted by Gasteiger charge is -2.14. The van der Waals surface area contributed by atoms with E-state index in [1.54, 1.807) is 53.0 Å². The number of fused-ring (bicyclic) bond motifs is 27. The summed E-state index contributed by atoms with van der Waals surface area (Å²) >= 11 is 7.20. The molecule has 15 heteroatoms. The van der Waals surface area contributed by atoms with Crippen molar-refractivity contribution in [3.05, 3.63) is 371 Å². The number of rotatable bonds is 8. The highest BCUT2D eigenvalue weighted by atomic mass is 32.1. The van der Waals surface area contributed by atoms with Crippen LogP contribution in [0.15, 0.2) is 371 Å². The summed E-state index contributed by atoms with van der Waals surface area (Å²) in [4.78, 5) is 37.0. The molecule has 0 amide bonds. The topological polar surface area (TPSA) is 118 Å². The molecule has 0 saturated heterocycles. The van der Waals surface area contributed by atoms with Crippen molar-refractivity contribution in [3.8, 4) is 73.1 Å². The Morgan fingerprint density at radius 1 is 0.227 bits per heavy atom. The SMILES string of the molecule is c1ccc(-c2cc(-c3ccccc3)cc(-n3c4ccccc4c4c5sc6cncnc6c5ccc43)c2)cc1.c1ccc(-c2ccc(-n3c4ccccc4c4c5sc6cncnc6c5ccc43)cc2)cc1.c1ccc(-c2nc(-c3ccc(-n4c5ccccc5c5c6c7ccccc7sc6c6c7ncncc7sc6c54)cc3)nc3ccccc23)cc1. The average molecular weight is 1590 g/mol. The van der Waals surface area contributed by atoms with Crippen LogP contribution in [-0.4, -0.2) is 53.6 Å². The average Bonchev–Trinajstić information content (AvgIpc) is 1.52. The van der Waals surface area contributed by atoms with Crippen LogP contribution < -0.4 is 0 Å². The molecule has 0 unspecified atom stereocenters. The lowest BCUT2D eigenvalue weighted by atomic mass is 9.98. The predicted octanol–water partition coefficient (Wildman–Crippen LogP) is 28.5. The number of hydrogen-bond donors (Lipinski definition) is 0. The predicted molar refractivity (Wildman–Crippen MR) is 501 cm³/mol. The van der Waals surface area contributed by atoms with Gasteiger partial charge in [-0.3, -0.25) is 0 Å². The molecule has 11 aromatic heterocycles. The van der Waals surface area contributed by atoms with Crippen LogP contribution in [0.5, 0.6) is 0 Å². The molecule has 0 atom stereocenters. The maximum atomic E-state index is 5.13. The summed E-state index contributed by atoms with van der Waals surface area (Å²) in [5.74, 6) is 0.711. The highest BCUT2D eigenvalue weighted by molar-refractivity contribution is 7.30. The van der Waals surface area contributed by atoms with E-state index in [-0.39, 0.29) is 0 Å². The van der Waals surface area contributed by atoms with E-state index in [1.165, 1.54) is 149 Å². The molecular formula is C104H61N11S4. The minimum Gasteiger partial charge on any atom is -0.309 e. The Morgan fingerprint density at radius 3 is 1.20 bits per heavy atom. The summed E-state index contributed by atoms with van der Waals surface area (Å²) in [6.07, 6.45) is 10.7. The summed E-state index contributed by atoms with van der Waals surface area (Å²) < 4.78 is 16.9. The largest absolute Gasteiger partial charge is 0.309 e. The van der Waals surface area contributed by atoms with Crippen LogP contribution in [0.3, 0.4) is 0 Å². The molecule has 0 aliphatic heterocycles. The van der Waals surface area contributed by atoms with Gasteiger partial charge in [-0.15, -0.1) is 45.3 Å². The minimum absolute atomic E-state index is 0.711. The summed E-state index contributed by atoms with van der Waals surface area (Å²) in [7, 11) is 0. The van der Waals surface area contributed by atoms with E-state index in [0.29, 0.717) is 5.82 Å². The molecule has 26 aromatic rings. The van der Waals surface area contributed by atoms with Gasteiger partial charge in [-0.1, -0.05) is 224 Å². The molecule has 0 fully saturated rings. The third kappa shape index (κ3) is 11.2. The van der Waals surface area contributed by atoms with Crippen molar-refractivity contribution in [3.63, 3.8) is 0 Å². The van der Waals surface area contributed by atoms with Gasteiger partial charge in [-0.2, -0.15) is 0 Å². The zero-order valence-electron chi connectivity index (χ0n) is 63.3. The first-order valence-corrected chi connectivity index (χ1v) is 42.6. The molecule has 0 aliphatic rings. The van der Waals surface area contributed by atoms with Gasteiger partial charge in [0, 0.05) is 130 Å². The fourth-order valence-electron chi connectivity index (χ4n) is 17.8. The van der Waals surface area contributed by atoms with Gasteiger partial charge in [0.1, 0.15) is 19.0 Å². The third-order valence-electron chi connectivity index (χ3n) is 23.0. The second-order valence-electron chi connectivity index (χ2n) is 29.7. The summed E-state index contributed by atoms with van der Waals surface area (Å²) in [6, 6.07) is 119. The molecule has 0 bridgehead atoms. The standard InChI is InChI=1S/C42H23N5S2.C34H21N3S.C28H17N3S/c1-2-10-24(11-3-1)37-27-12-4-7-15-30(27)45-42(46-37)25-18-20-26(21-19-25)47-31-16-8-5-13-28(31)34-35-29-14-6-9-17-32(29)48-40(35)36-38-33(22-43-23-44-38)49-41(36)39(34)47;1-3-9-22(10-4-1)24-17-25(23-11-5-2-6-12-23)19-26(18-24)37-29-14-8-7-13-27(29)32-30(37)16-15-28-33-31(38-34(28)32)20-35-21-36-33;1-2-6-18(7-3-1)19-10-12-20(13-11-19)31-23-9-5-4-8-21(23)26-24(31)15-14-22-27-25(32-28(22)26)16-29-17-30-27/h1-23H;1-21H;1-17H. The van der Waals surface area contributed by atoms with Crippen LogP contribution in [0.25, 0.3) is 230 Å². The highest BCUT2D eigenvalue weighted by Gasteiger charge is 2.27. The number of nitrogens with zero attached hydrogens (tertiary/aromatic N) is 11. The fourth-order valence-corrected chi connectivity index (χ4v) is 22.7. The molecule has 0 saturated carbocycles. The molecule has 11 heterocycles. The number of para-hydroxylation sites is 4. The fraction of sp³-hybridized carbons (Fsp3) is 0. The van der Waals surface area contributed by atoms with Crippen molar-refractivity contribution in [2.24, 2.45) is 0 Å². The maximum absolute atomic E-state index is 5.13. The Kier molecular flexibility index (Phi) is 16.1. The first-order chi connectivity index (χ1) is 59.0. The van der Waals surface area contributed by atoms with Crippen molar-refractivity contribution in [1.82, 2.24) is 53.6 Å². The number of aromatic nitrogens is 11. The van der Waals surface area contributed by atoms with Gasteiger partial charge < -0.3 is 13.7 Å². The van der Waals surface area contributed by atoms with Crippen LogP contribution in [0.1, 0.15) is 0 Å². The van der Waals surface area contributed by atoms with Crippen LogP contribution in [-0.2, 0) is 0 Å². The van der Waals surface area contributed by atoms with Crippen molar-refractivity contribution in [2.45, 2.75) is 0 Å². The molecule has 0 aliphatic carbocycles. The Bertz CT molecular complexity index is 8490. The van der Waals surface area contributed by atoms with E-state index < -0.39 is 0 Å². The van der Waals surface area contributed by atoms with Crippen molar-refractivity contribution >= 4 is 203 Å². The zero-order chi connectivity index (χ0) is 78.2. The quantitative estimate of drug-likeness (QED) is 0.148. The lowest BCUT2D eigenvalue weighted by Crippen LogP contribution is -1.97. The molecule has 11 nitrogen and oxygen atoms in total. The molecule has 0 N–H and O–H groups in total. The molecular weight excluding hydrogens is 1530 g/mol. The van der Waals surface area contributed by atoms with Crippen LogP contribution in [0.4, 0.5) is 0 Å². The summed E-state index contributed by atoms with van der Waals surface area (Å²) in [6.45, 7) is 0. The van der Waals surface area contributed by atoms with Gasteiger partial charge in [-0.05, 0) is 143 Å². The van der Waals surface area contributed by atoms with Gasteiger partial charge in [0.25, 0.3) is 0 Å². The van der Waals surface area contributed by atoms with E-state index in [0.717, 1.165) is 75.4 Å². The molecule has 556 valence electrons. The smallest absolute Gasteiger partial charge is 0.160 e. The Labute approximate surface area is 695 Å². The van der Waals surface area contributed by atoms with E-state index in [4.69, 9.17) is 15.0 Å². The van der Waals surface area contributed by atoms with E-state index in [1.807, 2.05) is 48.1 Å². The van der Waals surface area contributed by atoms with Crippen molar-refractivity contribution < 1.29 is 0 Å². The monoisotopic (exact) mass is 1590 g/mol. The van der Waals surface area contributed by atoms with Crippen LogP contribution >= 0.6 is 45.3 Å². The first-order valence-electron chi connectivity index (χ1n) is 39.4. The maximum Gasteiger partial charge on any atom is 0.160 e. The molecule has 119 heavy (non-hydrogen) atoms. The van der Waals surface area contributed by atoms with Crippen LogP contribution in [0.2, 0.25) is 0 Å². The Hall–Kier alpha value is -14.8. The van der Waals surface area contributed by atoms with Gasteiger partial charge in [0.05, 0.1) is 79.7 Å². The zero-order valence-corrected chi connectivity index (χ0v) is 66.5. The molecule has 26 rings (SSSR count). The van der Waals surface area contributed by atoms with Gasteiger partial charge >= 0.3 is 0 Å². The number of benzene rings is 15. The third-order valence-corrected chi connectivity index (χ3v) is 27.6. The van der Waals surface area contributed by atoms with E-state index >= 15 is 0 Å². The molecule has 0 radical (unpaired) electrons. The van der Waals surface area contributed by atoms with Crippen molar-refractivity contribution in [2.75, 3.05) is 0 Å². The summed E-state index contributed by atoms with van der Waals surface area (Å²) in [5, 5.41) is 14.8.